The van der Waals surface area contributed by atoms with E-state index in [1.54, 1.807) is 40.8 Å². The van der Waals surface area contributed by atoms with Crippen LogP contribution in [0.3, 0.4) is 0 Å². The summed E-state index contributed by atoms with van der Waals surface area (Å²) in [5, 5.41) is 11.6. The number of ether oxygens (including phenoxy) is 2. The van der Waals surface area contributed by atoms with Crippen molar-refractivity contribution < 1.29 is 33.0 Å². The van der Waals surface area contributed by atoms with E-state index in [0.717, 1.165) is 11.0 Å². The third-order valence-electron chi connectivity index (χ3n) is 6.56. The maximum absolute atomic E-state index is 13.7. The van der Waals surface area contributed by atoms with E-state index in [0.29, 0.717) is 5.69 Å². The zero-order chi connectivity index (χ0) is 29.3. The van der Waals surface area contributed by atoms with Crippen LogP contribution in [-0.2, 0) is 26.1 Å². The molecule has 0 spiro atoms. The first-order valence-corrected chi connectivity index (χ1v) is 11.9. The highest BCUT2D eigenvalue weighted by Gasteiger charge is 2.48. The van der Waals surface area contributed by atoms with Crippen LogP contribution in [0.5, 0.6) is 0 Å². The van der Waals surface area contributed by atoms with Crippen molar-refractivity contribution in [2.24, 2.45) is 12.5 Å². The molecule has 39 heavy (non-hydrogen) atoms. The molecule has 1 fully saturated rings. The Morgan fingerprint density at radius 1 is 1.26 bits per heavy atom. The molecule has 0 unspecified atom stereocenters. The molecule has 0 bridgehead atoms. The van der Waals surface area contributed by atoms with Crippen LogP contribution in [0, 0.1) is 48.8 Å². The zero-order valence-corrected chi connectivity index (χ0v) is 22.6. The van der Waals surface area contributed by atoms with Gasteiger partial charge in [0.25, 0.3) is 17.6 Å². The molecule has 10 nitrogen and oxygen atoms in total. The van der Waals surface area contributed by atoms with Crippen LogP contribution in [-0.4, -0.2) is 58.5 Å². The van der Waals surface area contributed by atoms with Crippen molar-refractivity contribution in [1.82, 2.24) is 9.47 Å². The van der Waals surface area contributed by atoms with E-state index >= 15 is 0 Å². The van der Waals surface area contributed by atoms with E-state index in [9.17, 15) is 23.6 Å². The Morgan fingerprint density at radius 2 is 1.90 bits per heavy atom. The van der Waals surface area contributed by atoms with E-state index in [2.05, 4.69) is 11.2 Å². The maximum atomic E-state index is 13.7. The minimum atomic E-state index is -1.28. The number of benzene rings is 1. The summed E-state index contributed by atoms with van der Waals surface area (Å²) in [5.74, 6) is -1.43. The Bertz CT molecular complexity index is 1450. The molecule has 2 aromatic rings. The third kappa shape index (κ3) is 5.40. The SMILES string of the molecule is C#CC1(N(COC(=O)C(C)(C)C)C(=O)C(=O)c2c(C)c(C(=O)Nc3ccc(F)c(C#N)c3)n(C)c2C)COC1. The maximum Gasteiger partial charge on any atom is 0.312 e. The normalized spacial score (nSPS) is 13.9. The molecule has 0 saturated carbocycles. The van der Waals surface area contributed by atoms with Crippen molar-refractivity contribution in [1.29, 1.82) is 5.26 Å². The average Bonchev–Trinajstić information content (AvgIpc) is 3.07. The number of halogens is 1. The number of Topliss-reactive ketones (excluding diaryl/α,β-unsaturated/α-hetero) is 1. The quantitative estimate of drug-likeness (QED) is 0.189. The average molecular weight is 537 g/mol. The summed E-state index contributed by atoms with van der Waals surface area (Å²) in [7, 11) is 1.55. The lowest BCUT2D eigenvalue weighted by molar-refractivity contribution is -0.177. The second-order valence-corrected chi connectivity index (χ2v) is 10.3. The second-order valence-electron chi connectivity index (χ2n) is 10.3. The zero-order valence-electron chi connectivity index (χ0n) is 22.6. The molecule has 0 radical (unpaired) electrons. The van der Waals surface area contributed by atoms with Gasteiger partial charge in [0.1, 0.15) is 17.6 Å². The molecule has 11 heteroatoms. The number of hydrogen-bond acceptors (Lipinski definition) is 7. The molecule has 0 atom stereocenters. The van der Waals surface area contributed by atoms with Crippen LogP contribution in [0.25, 0.3) is 0 Å². The lowest BCUT2D eigenvalue weighted by atomic mass is 9.94. The Kier molecular flexibility index (Phi) is 7.99. The number of nitrogens with one attached hydrogen (secondary N) is 1. The summed E-state index contributed by atoms with van der Waals surface area (Å²) < 4.78 is 25.7. The third-order valence-corrected chi connectivity index (χ3v) is 6.56. The molecule has 1 aromatic heterocycles. The smallest absolute Gasteiger partial charge is 0.312 e. The van der Waals surface area contributed by atoms with Gasteiger partial charge in [-0.25, -0.2) is 4.39 Å². The fourth-order valence-electron chi connectivity index (χ4n) is 4.07. The minimum Gasteiger partial charge on any atom is -0.444 e. The predicted molar refractivity (Wildman–Crippen MR) is 138 cm³/mol. The van der Waals surface area contributed by atoms with Crippen LogP contribution in [0.1, 0.15) is 58.4 Å². The predicted octanol–water partition coefficient (Wildman–Crippen LogP) is 2.87. The number of ketones is 1. The summed E-state index contributed by atoms with van der Waals surface area (Å²) in [6.45, 7) is 7.38. The van der Waals surface area contributed by atoms with Crippen LogP contribution in [0.15, 0.2) is 18.2 Å². The highest BCUT2D eigenvalue weighted by molar-refractivity contribution is 6.43. The Labute approximate surface area is 225 Å². The first-order chi connectivity index (χ1) is 18.2. The highest BCUT2D eigenvalue weighted by atomic mass is 19.1. The Hall–Kier alpha value is -4.48. The second kappa shape index (κ2) is 10.7. The van der Waals surface area contributed by atoms with E-state index in [4.69, 9.17) is 21.2 Å². The van der Waals surface area contributed by atoms with Crippen molar-refractivity contribution in [2.75, 3.05) is 25.3 Å². The van der Waals surface area contributed by atoms with Gasteiger partial charge in [-0.15, -0.1) is 6.42 Å². The molecule has 1 aliphatic heterocycles. The van der Waals surface area contributed by atoms with E-state index in [1.807, 2.05) is 0 Å². The van der Waals surface area contributed by atoms with Gasteiger partial charge in [-0.05, 0) is 58.4 Å². The number of nitrogens with zero attached hydrogens (tertiary/aromatic N) is 3. The van der Waals surface area contributed by atoms with Gasteiger partial charge in [0.2, 0.25) is 0 Å². The van der Waals surface area contributed by atoms with Crippen molar-refractivity contribution in [3.8, 4) is 18.4 Å². The van der Waals surface area contributed by atoms with Gasteiger partial charge < -0.3 is 19.4 Å². The molecule has 2 heterocycles. The summed E-state index contributed by atoms with van der Waals surface area (Å²) in [5.41, 5.74) is -1.58. The summed E-state index contributed by atoms with van der Waals surface area (Å²) in [6, 6.07) is 5.24. The number of esters is 1. The van der Waals surface area contributed by atoms with Crippen LogP contribution in [0.2, 0.25) is 0 Å². The molecule has 0 aliphatic carbocycles. The number of carbonyl (C=O) groups is 4. The number of hydrogen-bond donors (Lipinski definition) is 1. The van der Waals surface area contributed by atoms with Gasteiger partial charge in [0.05, 0.1) is 29.8 Å². The number of anilines is 1. The molecule has 1 N–H and O–H groups in total. The van der Waals surface area contributed by atoms with Crippen LogP contribution < -0.4 is 5.32 Å². The largest absolute Gasteiger partial charge is 0.444 e. The van der Waals surface area contributed by atoms with Gasteiger partial charge in [-0.1, -0.05) is 5.92 Å². The molecule has 2 amide bonds. The summed E-state index contributed by atoms with van der Waals surface area (Å²) >= 11 is 0. The van der Waals surface area contributed by atoms with Gasteiger partial charge in [0.15, 0.2) is 12.3 Å². The van der Waals surface area contributed by atoms with Crippen LogP contribution in [0.4, 0.5) is 10.1 Å². The fourth-order valence-corrected chi connectivity index (χ4v) is 4.07. The Morgan fingerprint density at radius 3 is 2.41 bits per heavy atom. The van der Waals surface area contributed by atoms with Crippen molar-refractivity contribution >= 4 is 29.3 Å². The number of aromatic nitrogens is 1. The highest BCUT2D eigenvalue weighted by Crippen LogP contribution is 2.29. The molecule has 204 valence electrons. The van der Waals surface area contributed by atoms with Crippen molar-refractivity contribution in [2.45, 2.75) is 40.2 Å². The number of terminal acetylenes is 1. The number of rotatable bonds is 7. The molecular weight excluding hydrogens is 507 g/mol. The fraction of sp³-hybridized carbons (Fsp3) is 0.393. The first-order valence-electron chi connectivity index (χ1n) is 11.9. The van der Waals surface area contributed by atoms with Crippen LogP contribution >= 0.6 is 0 Å². The number of nitriles is 1. The van der Waals surface area contributed by atoms with E-state index < -0.39 is 47.1 Å². The van der Waals surface area contributed by atoms with Gasteiger partial charge in [0, 0.05) is 18.4 Å². The van der Waals surface area contributed by atoms with Crippen molar-refractivity contribution in [3.63, 3.8) is 0 Å². The van der Waals surface area contributed by atoms with Crippen molar-refractivity contribution in [3.05, 3.63) is 52.1 Å². The Balaban J connectivity index is 1.94. The lowest BCUT2D eigenvalue weighted by Gasteiger charge is -2.45. The molecule has 1 aromatic carbocycles. The van der Waals surface area contributed by atoms with Gasteiger partial charge >= 0.3 is 5.97 Å². The van der Waals surface area contributed by atoms with Gasteiger partial charge in [-0.3, -0.25) is 24.1 Å². The van der Waals surface area contributed by atoms with E-state index in [1.165, 1.54) is 23.6 Å². The molecule has 1 saturated heterocycles. The minimum absolute atomic E-state index is 0.0102. The summed E-state index contributed by atoms with van der Waals surface area (Å²) in [6.07, 6.45) is 5.69. The lowest BCUT2D eigenvalue weighted by Crippen LogP contribution is -2.65. The summed E-state index contributed by atoms with van der Waals surface area (Å²) in [4.78, 5) is 53.7. The molecule has 1 aliphatic rings. The number of amides is 2. The monoisotopic (exact) mass is 536 g/mol. The topological polar surface area (TPSA) is 131 Å². The number of carbonyl (C=O) groups excluding carboxylic acids is 4. The standard InChI is InChI=1S/C28H29FN4O6/c1-8-28(13-38-14-28)33(15-39-26(37)27(4,5)6)25(36)23(34)21-16(2)22(32(7)17(21)3)24(35)31-19-9-10-20(29)18(11-19)12-30/h1,9-11H,13-15H2,2-7H3,(H,31,35). The molecular formula is C28H29FN4O6. The first kappa shape index (κ1) is 29.1. The van der Waals surface area contributed by atoms with E-state index in [-0.39, 0.29) is 41.3 Å². The van der Waals surface area contributed by atoms with Gasteiger partial charge in [-0.2, -0.15) is 5.26 Å². The molecule has 3 rings (SSSR count).